The SMILES string of the molecule is Cl.Nc1nccc(-c2ccc(NC(=O)[C@@H](N)Cc3c[nH]c4ccccc34)cc2)n1. The Bertz CT molecular complexity index is 1130. The number of halogens is 1. The highest BCUT2D eigenvalue weighted by Crippen LogP contribution is 2.21. The van der Waals surface area contributed by atoms with Gasteiger partial charge in [0, 0.05) is 34.5 Å². The second-order valence-electron chi connectivity index (χ2n) is 6.54. The van der Waals surface area contributed by atoms with E-state index in [4.69, 9.17) is 11.5 Å². The van der Waals surface area contributed by atoms with Crippen molar-refractivity contribution in [2.24, 2.45) is 5.73 Å². The number of nitrogens with zero attached hydrogens (tertiary/aromatic N) is 2. The molecule has 0 spiro atoms. The van der Waals surface area contributed by atoms with Crippen molar-refractivity contribution in [1.82, 2.24) is 15.0 Å². The second kappa shape index (κ2) is 8.72. The summed E-state index contributed by atoms with van der Waals surface area (Å²) in [5.74, 6) is -0.0116. The van der Waals surface area contributed by atoms with Crippen molar-refractivity contribution >= 4 is 40.9 Å². The van der Waals surface area contributed by atoms with Gasteiger partial charge < -0.3 is 21.8 Å². The van der Waals surface area contributed by atoms with Gasteiger partial charge in [0.15, 0.2) is 0 Å². The lowest BCUT2D eigenvalue weighted by Gasteiger charge is -2.12. The average Bonchev–Trinajstić information content (AvgIpc) is 3.11. The Morgan fingerprint density at radius 2 is 1.86 bits per heavy atom. The maximum Gasteiger partial charge on any atom is 0.241 e. The van der Waals surface area contributed by atoms with Gasteiger partial charge in [0.1, 0.15) is 0 Å². The number of amides is 1. The van der Waals surface area contributed by atoms with Crippen LogP contribution in [-0.4, -0.2) is 26.9 Å². The molecule has 0 saturated carbocycles. The van der Waals surface area contributed by atoms with Crippen molar-refractivity contribution in [1.29, 1.82) is 0 Å². The molecule has 0 fully saturated rings. The molecule has 4 rings (SSSR count). The molecular weight excluding hydrogens is 388 g/mol. The highest BCUT2D eigenvalue weighted by Gasteiger charge is 2.16. The van der Waals surface area contributed by atoms with Crippen molar-refractivity contribution in [3.05, 3.63) is 72.6 Å². The van der Waals surface area contributed by atoms with Gasteiger partial charge in [-0.15, -0.1) is 12.4 Å². The van der Waals surface area contributed by atoms with Crippen molar-refractivity contribution < 1.29 is 4.79 Å². The molecule has 1 atom stereocenters. The minimum atomic E-state index is -0.652. The fraction of sp³-hybridized carbons (Fsp3) is 0.0952. The number of nitrogens with two attached hydrogens (primary N) is 2. The van der Waals surface area contributed by atoms with Gasteiger partial charge in [-0.05, 0) is 36.2 Å². The largest absolute Gasteiger partial charge is 0.368 e. The van der Waals surface area contributed by atoms with Gasteiger partial charge in [0.2, 0.25) is 11.9 Å². The molecule has 2 heterocycles. The number of benzene rings is 2. The summed E-state index contributed by atoms with van der Waals surface area (Å²) in [6, 6.07) is 16.4. The topological polar surface area (TPSA) is 123 Å². The monoisotopic (exact) mass is 408 g/mol. The van der Waals surface area contributed by atoms with E-state index in [1.165, 1.54) is 0 Å². The zero-order chi connectivity index (χ0) is 19.5. The van der Waals surface area contributed by atoms with E-state index in [1.54, 1.807) is 12.3 Å². The molecule has 4 aromatic rings. The van der Waals surface area contributed by atoms with Gasteiger partial charge in [0.05, 0.1) is 11.7 Å². The van der Waals surface area contributed by atoms with E-state index in [-0.39, 0.29) is 24.3 Å². The Morgan fingerprint density at radius 1 is 1.10 bits per heavy atom. The number of hydrogen-bond donors (Lipinski definition) is 4. The van der Waals surface area contributed by atoms with Crippen molar-refractivity contribution in [2.75, 3.05) is 11.1 Å². The molecule has 148 valence electrons. The van der Waals surface area contributed by atoms with E-state index in [0.29, 0.717) is 12.1 Å². The van der Waals surface area contributed by atoms with Crippen LogP contribution in [0.3, 0.4) is 0 Å². The molecule has 0 radical (unpaired) electrons. The quantitative estimate of drug-likeness (QED) is 0.404. The van der Waals surface area contributed by atoms with E-state index in [2.05, 4.69) is 20.3 Å². The molecule has 0 aliphatic heterocycles. The lowest BCUT2D eigenvalue weighted by molar-refractivity contribution is -0.117. The van der Waals surface area contributed by atoms with E-state index >= 15 is 0 Å². The fourth-order valence-electron chi connectivity index (χ4n) is 3.12. The number of aromatic amines is 1. The predicted octanol–water partition coefficient (Wildman–Crippen LogP) is 3.14. The normalized spacial score (nSPS) is 11.6. The predicted molar refractivity (Wildman–Crippen MR) is 118 cm³/mol. The Kier molecular flexibility index (Phi) is 6.11. The maximum absolute atomic E-state index is 12.5. The third kappa shape index (κ3) is 4.53. The molecule has 2 aromatic heterocycles. The molecule has 0 unspecified atom stereocenters. The summed E-state index contributed by atoms with van der Waals surface area (Å²) < 4.78 is 0. The number of carbonyl (C=O) groups excluding carboxylic acids is 1. The Morgan fingerprint density at radius 3 is 2.62 bits per heavy atom. The first-order chi connectivity index (χ1) is 13.6. The van der Waals surface area contributed by atoms with Crippen LogP contribution < -0.4 is 16.8 Å². The van der Waals surface area contributed by atoms with Crippen molar-refractivity contribution in [3.8, 4) is 11.3 Å². The number of nitrogen functional groups attached to an aromatic ring is 1. The average molecular weight is 409 g/mol. The summed E-state index contributed by atoms with van der Waals surface area (Å²) in [6.45, 7) is 0. The number of fused-ring (bicyclic) bond motifs is 1. The molecule has 0 aliphatic carbocycles. The number of anilines is 2. The fourth-order valence-corrected chi connectivity index (χ4v) is 3.12. The highest BCUT2D eigenvalue weighted by molar-refractivity contribution is 5.95. The second-order valence-corrected chi connectivity index (χ2v) is 6.54. The number of aromatic nitrogens is 3. The first-order valence-electron chi connectivity index (χ1n) is 8.90. The number of nitrogens with one attached hydrogen (secondary N) is 2. The highest BCUT2D eigenvalue weighted by atomic mass is 35.5. The van der Waals surface area contributed by atoms with Gasteiger partial charge in [-0.25, -0.2) is 9.97 Å². The van der Waals surface area contributed by atoms with Crippen LogP contribution in [0.5, 0.6) is 0 Å². The molecular formula is C21H21ClN6O. The van der Waals surface area contributed by atoms with E-state index in [9.17, 15) is 4.79 Å². The molecule has 7 nitrogen and oxygen atoms in total. The third-order valence-corrected chi connectivity index (χ3v) is 4.57. The lowest BCUT2D eigenvalue weighted by atomic mass is 10.0. The van der Waals surface area contributed by atoms with Crippen LogP contribution in [0, 0.1) is 0 Å². The van der Waals surface area contributed by atoms with Crippen LogP contribution in [0.15, 0.2) is 67.0 Å². The first kappa shape index (κ1) is 20.3. The van der Waals surface area contributed by atoms with Crippen molar-refractivity contribution in [2.45, 2.75) is 12.5 Å². The summed E-state index contributed by atoms with van der Waals surface area (Å²) in [7, 11) is 0. The molecule has 29 heavy (non-hydrogen) atoms. The van der Waals surface area contributed by atoms with E-state index in [0.717, 1.165) is 27.7 Å². The third-order valence-electron chi connectivity index (χ3n) is 4.57. The number of H-pyrrole nitrogens is 1. The zero-order valence-corrected chi connectivity index (χ0v) is 16.3. The molecule has 1 amide bonds. The molecule has 6 N–H and O–H groups in total. The Balaban J connectivity index is 0.00000240. The first-order valence-corrected chi connectivity index (χ1v) is 8.90. The standard InChI is InChI=1S/C21H20N6O.ClH/c22-17(11-14-12-25-19-4-2-1-3-16(14)19)20(28)26-15-7-5-13(6-8-15)18-9-10-24-21(23)27-18;/h1-10,12,17,25H,11,22H2,(H,26,28)(H2,23,24,27);1H/t17-;/m0./s1. The number of para-hydroxylation sites is 1. The lowest BCUT2D eigenvalue weighted by Crippen LogP contribution is -2.37. The molecule has 2 aromatic carbocycles. The summed E-state index contributed by atoms with van der Waals surface area (Å²) in [5.41, 5.74) is 16.1. The summed E-state index contributed by atoms with van der Waals surface area (Å²) in [5, 5.41) is 3.94. The number of hydrogen-bond acceptors (Lipinski definition) is 5. The smallest absolute Gasteiger partial charge is 0.241 e. The van der Waals surface area contributed by atoms with Crippen LogP contribution in [0.2, 0.25) is 0 Å². The minimum absolute atomic E-state index is 0. The number of carbonyl (C=O) groups is 1. The van der Waals surface area contributed by atoms with Crippen LogP contribution >= 0.6 is 12.4 Å². The summed E-state index contributed by atoms with van der Waals surface area (Å²) >= 11 is 0. The summed E-state index contributed by atoms with van der Waals surface area (Å²) in [6.07, 6.45) is 3.96. The molecule has 8 heteroatoms. The van der Waals surface area contributed by atoms with E-state index < -0.39 is 6.04 Å². The minimum Gasteiger partial charge on any atom is -0.368 e. The molecule has 0 saturated heterocycles. The van der Waals surface area contributed by atoms with Gasteiger partial charge in [-0.3, -0.25) is 4.79 Å². The Hall–Kier alpha value is -3.42. The van der Waals surface area contributed by atoms with Crippen molar-refractivity contribution in [3.63, 3.8) is 0 Å². The van der Waals surface area contributed by atoms with Gasteiger partial charge in [-0.1, -0.05) is 30.3 Å². The molecule has 0 aliphatic rings. The molecule has 0 bridgehead atoms. The maximum atomic E-state index is 12.5. The van der Waals surface area contributed by atoms with Crippen LogP contribution in [0.4, 0.5) is 11.6 Å². The van der Waals surface area contributed by atoms with Gasteiger partial charge >= 0.3 is 0 Å². The summed E-state index contributed by atoms with van der Waals surface area (Å²) in [4.78, 5) is 23.8. The van der Waals surface area contributed by atoms with Crippen LogP contribution in [-0.2, 0) is 11.2 Å². The van der Waals surface area contributed by atoms with Crippen LogP contribution in [0.25, 0.3) is 22.2 Å². The Labute approximate surface area is 174 Å². The van der Waals surface area contributed by atoms with Gasteiger partial charge in [0.25, 0.3) is 0 Å². The van der Waals surface area contributed by atoms with E-state index in [1.807, 2.05) is 54.7 Å². The van der Waals surface area contributed by atoms with Crippen LogP contribution in [0.1, 0.15) is 5.56 Å². The zero-order valence-electron chi connectivity index (χ0n) is 15.5. The number of rotatable bonds is 5. The van der Waals surface area contributed by atoms with Gasteiger partial charge in [-0.2, -0.15) is 0 Å².